The van der Waals surface area contributed by atoms with Gasteiger partial charge in [-0.3, -0.25) is 14.6 Å². The van der Waals surface area contributed by atoms with Crippen LogP contribution in [0.2, 0.25) is 0 Å². The molecule has 1 atom stereocenters. The van der Waals surface area contributed by atoms with Gasteiger partial charge in [-0.1, -0.05) is 12.1 Å². The molecule has 1 N–H and O–H groups in total. The summed E-state index contributed by atoms with van der Waals surface area (Å²) in [6.07, 6.45) is 8.88. The molecular weight excluding hydrogens is 399 g/mol. The molecule has 1 aliphatic heterocycles. The number of carbonyl (C=O) groups is 2. The Labute approximate surface area is 178 Å². The molecule has 0 aliphatic carbocycles. The first-order valence-corrected chi connectivity index (χ1v) is 9.88. The molecule has 1 saturated heterocycles. The first kappa shape index (κ1) is 20.5. The highest BCUT2D eigenvalue weighted by Gasteiger charge is 2.45. The van der Waals surface area contributed by atoms with Gasteiger partial charge in [0.1, 0.15) is 11.6 Å². The Balaban J connectivity index is 1.73. The van der Waals surface area contributed by atoms with Crippen molar-refractivity contribution in [1.29, 1.82) is 0 Å². The molecule has 2 aromatic heterocycles. The van der Waals surface area contributed by atoms with Crippen LogP contribution in [0.3, 0.4) is 0 Å². The van der Waals surface area contributed by atoms with E-state index in [-0.39, 0.29) is 11.1 Å². The van der Waals surface area contributed by atoms with E-state index in [0.717, 1.165) is 0 Å². The molecule has 1 aliphatic rings. The standard InChI is InChI=1S/C23H21FN4O3/c1-15-3-4-17(13-18(15)24)21(29)19-20(16-5-7-25-8-6-16)28(23(31)22(19)30)11-2-10-27-12-9-26-14-27/h3-9,12-14,20,29H,2,10-11H2,1H3/b21-19+. The average molecular weight is 420 g/mol. The number of ketones is 1. The second kappa shape index (κ2) is 8.51. The van der Waals surface area contributed by atoms with Crippen LogP contribution in [-0.2, 0) is 16.1 Å². The van der Waals surface area contributed by atoms with Gasteiger partial charge in [-0.25, -0.2) is 9.37 Å². The van der Waals surface area contributed by atoms with Crippen molar-refractivity contribution in [3.05, 3.63) is 89.5 Å². The minimum atomic E-state index is -0.789. The second-order valence-electron chi connectivity index (χ2n) is 7.39. The summed E-state index contributed by atoms with van der Waals surface area (Å²) in [5, 5.41) is 10.9. The van der Waals surface area contributed by atoms with Crippen LogP contribution in [0.4, 0.5) is 4.39 Å². The van der Waals surface area contributed by atoms with E-state index in [4.69, 9.17) is 0 Å². The number of hydrogen-bond acceptors (Lipinski definition) is 5. The average Bonchev–Trinajstić information content (AvgIpc) is 3.38. The molecule has 1 unspecified atom stereocenters. The summed E-state index contributed by atoms with van der Waals surface area (Å²) in [6.45, 7) is 2.53. The molecule has 158 valence electrons. The Bertz CT molecular complexity index is 1140. The predicted octanol–water partition coefficient (Wildman–Crippen LogP) is 3.24. The van der Waals surface area contributed by atoms with Crippen LogP contribution >= 0.6 is 0 Å². The number of aromatic nitrogens is 3. The third-order valence-corrected chi connectivity index (χ3v) is 5.38. The van der Waals surface area contributed by atoms with Gasteiger partial charge in [0.05, 0.1) is 17.9 Å². The fraction of sp³-hybridized carbons (Fsp3) is 0.217. The van der Waals surface area contributed by atoms with Crippen molar-refractivity contribution in [2.24, 2.45) is 0 Å². The number of pyridine rings is 1. The number of halogens is 1. The van der Waals surface area contributed by atoms with Crippen molar-refractivity contribution in [3.63, 3.8) is 0 Å². The molecule has 1 aromatic carbocycles. The van der Waals surface area contributed by atoms with Crippen LogP contribution in [0.25, 0.3) is 5.76 Å². The minimum Gasteiger partial charge on any atom is -0.507 e. The molecular formula is C23H21FN4O3. The van der Waals surface area contributed by atoms with Gasteiger partial charge in [0.15, 0.2) is 0 Å². The monoisotopic (exact) mass is 420 g/mol. The van der Waals surface area contributed by atoms with Crippen molar-refractivity contribution in [2.45, 2.75) is 25.9 Å². The first-order chi connectivity index (χ1) is 15.0. The van der Waals surface area contributed by atoms with E-state index in [1.807, 2.05) is 10.8 Å². The molecule has 3 aromatic rings. The number of Topliss-reactive ketones (excluding diaryl/α,β-unsaturated/α-hetero) is 1. The molecule has 4 rings (SSSR count). The molecule has 3 heterocycles. The number of benzene rings is 1. The van der Waals surface area contributed by atoms with Gasteiger partial charge in [-0.05, 0) is 42.7 Å². The zero-order chi connectivity index (χ0) is 22.0. The van der Waals surface area contributed by atoms with Crippen molar-refractivity contribution in [1.82, 2.24) is 19.4 Å². The Hall–Kier alpha value is -3.81. The number of nitrogens with zero attached hydrogens (tertiary/aromatic N) is 4. The van der Waals surface area contributed by atoms with Gasteiger partial charge in [0.2, 0.25) is 0 Å². The number of imidazole rings is 1. The zero-order valence-corrected chi connectivity index (χ0v) is 16.9. The van der Waals surface area contributed by atoms with Gasteiger partial charge < -0.3 is 14.6 Å². The summed E-state index contributed by atoms with van der Waals surface area (Å²) in [7, 11) is 0. The van der Waals surface area contributed by atoms with Crippen LogP contribution in [0.1, 0.15) is 29.2 Å². The highest BCUT2D eigenvalue weighted by molar-refractivity contribution is 6.46. The fourth-order valence-electron chi connectivity index (χ4n) is 3.74. The lowest BCUT2D eigenvalue weighted by Gasteiger charge is -2.25. The Kier molecular flexibility index (Phi) is 5.62. The van der Waals surface area contributed by atoms with Gasteiger partial charge in [-0.15, -0.1) is 0 Å². The van der Waals surface area contributed by atoms with Gasteiger partial charge >= 0.3 is 0 Å². The minimum absolute atomic E-state index is 0.0536. The maximum absolute atomic E-state index is 14.1. The lowest BCUT2D eigenvalue weighted by Crippen LogP contribution is -2.31. The molecule has 31 heavy (non-hydrogen) atoms. The maximum Gasteiger partial charge on any atom is 0.295 e. The van der Waals surface area contributed by atoms with E-state index < -0.39 is 29.3 Å². The van der Waals surface area contributed by atoms with E-state index in [1.54, 1.807) is 44.0 Å². The van der Waals surface area contributed by atoms with Crippen LogP contribution in [0.5, 0.6) is 0 Å². The highest BCUT2D eigenvalue weighted by Crippen LogP contribution is 2.39. The molecule has 8 heteroatoms. The van der Waals surface area contributed by atoms with Crippen LogP contribution < -0.4 is 0 Å². The summed E-state index contributed by atoms with van der Waals surface area (Å²) < 4.78 is 16.0. The Morgan fingerprint density at radius 1 is 1.10 bits per heavy atom. The molecule has 0 bridgehead atoms. The summed E-state index contributed by atoms with van der Waals surface area (Å²) in [6, 6.07) is 6.83. The maximum atomic E-state index is 14.1. The Morgan fingerprint density at radius 3 is 2.55 bits per heavy atom. The van der Waals surface area contributed by atoms with E-state index >= 15 is 0 Å². The van der Waals surface area contributed by atoms with Crippen molar-refractivity contribution >= 4 is 17.4 Å². The Morgan fingerprint density at radius 2 is 1.87 bits per heavy atom. The number of aliphatic hydroxyl groups excluding tert-OH is 1. The summed E-state index contributed by atoms with van der Waals surface area (Å²) in [5.41, 5.74) is 1.16. The van der Waals surface area contributed by atoms with Gasteiger partial charge in [0, 0.05) is 43.4 Å². The lowest BCUT2D eigenvalue weighted by atomic mass is 9.95. The predicted molar refractivity (Wildman–Crippen MR) is 111 cm³/mol. The number of aliphatic hydroxyl groups is 1. The van der Waals surface area contributed by atoms with Crippen LogP contribution in [-0.4, -0.2) is 42.8 Å². The molecule has 0 saturated carbocycles. The smallest absolute Gasteiger partial charge is 0.295 e. The van der Waals surface area contributed by atoms with E-state index in [0.29, 0.717) is 30.6 Å². The van der Waals surface area contributed by atoms with Crippen LogP contribution in [0.15, 0.2) is 67.0 Å². The topological polar surface area (TPSA) is 88.3 Å². The summed E-state index contributed by atoms with van der Waals surface area (Å²) in [4.78, 5) is 35.2. The zero-order valence-electron chi connectivity index (χ0n) is 16.9. The summed E-state index contributed by atoms with van der Waals surface area (Å²) >= 11 is 0. The third kappa shape index (κ3) is 3.96. The molecule has 0 radical (unpaired) electrons. The van der Waals surface area contributed by atoms with Gasteiger partial charge in [-0.2, -0.15) is 0 Å². The number of hydrogen-bond donors (Lipinski definition) is 1. The van der Waals surface area contributed by atoms with Crippen molar-refractivity contribution in [3.8, 4) is 0 Å². The van der Waals surface area contributed by atoms with Crippen molar-refractivity contribution in [2.75, 3.05) is 6.54 Å². The third-order valence-electron chi connectivity index (χ3n) is 5.38. The van der Waals surface area contributed by atoms with Crippen LogP contribution in [0, 0.1) is 12.7 Å². The SMILES string of the molecule is Cc1ccc(/C(O)=C2\C(=O)C(=O)N(CCCn3ccnc3)C2c2ccncc2)cc1F. The number of carbonyl (C=O) groups excluding carboxylic acids is 2. The molecule has 7 nitrogen and oxygen atoms in total. The quantitative estimate of drug-likeness (QED) is 0.376. The van der Waals surface area contributed by atoms with Gasteiger partial charge in [0.25, 0.3) is 11.7 Å². The number of likely N-dealkylation sites (tertiary alicyclic amines) is 1. The normalized spacial score (nSPS) is 18.0. The first-order valence-electron chi connectivity index (χ1n) is 9.88. The molecule has 1 amide bonds. The molecule has 0 spiro atoms. The highest BCUT2D eigenvalue weighted by atomic mass is 19.1. The van der Waals surface area contributed by atoms with Crippen molar-refractivity contribution < 1.29 is 19.1 Å². The summed E-state index contributed by atoms with van der Waals surface area (Å²) in [5.74, 6) is -2.38. The molecule has 1 fully saturated rings. The number of rotatable bonds is 6. The second-order valence-corrected chi connectivity index (χ2v) is 7.39. The number of aryl methyl sites for hydroxylation is 2. The number of amides is 1. The van der Waals surface area contributed by atoms with E-state index in [2.05, 4.69) is 9.97 Å². The largest absolute Gasteiger partial charge is 0.507 e. The lowest BCUT2D eigenvalue weighted by molar-refractivity contribution is -0.139. The van der Waals surface area contributed by atoms with E-state index in [9.17, 15) is 19.1 Å². The fourth-order valence-corrected chi connectivity index (χ4v) is 3.74. The van der Waals surface area contributed by atoms with E-state index in [1.165, 1.54) is 23.1 Å².